The highest BCUT2D eigenvalue weighted by Gasteiger charge is 2.50. The van der Waals surface area contributed by atoms with E-state index in [1.54, 1.807) is 0 Å². The second-order valence-electron chi connectivity index (χ2n) is 10.6. The Morgan fingerprint density at radius 3 is 2.64 bits per heavy atom. The lowest BCUT2D eigenvalue weighted by Crippen LogP contribution is -2.48. The second kappa shape index (κ2) is 9.62. The molecule has 0 aliphatic carbocycles. The number of aromatic amines is 1. The van der Waals surface area contributed by atoms with Crippen LogP contribution in [0.1, 0.15) is 51.6 Å². The number of hydrogen-bond acceptors (Lipinski definition) is 7. The summed E-state index contributed by atoms with van der Waals surface area (Å²) < 4.78 is 44.3. The maximum absolute atomic E-state index is 16.7. The summed E-state index contributed by atoms with van der Waals surface area (Å²) in [5, 5.41) is 19.9. The van der Waals surface area contributed by atoms with Gasteiger partial charge in [0.1, 0.15) is 17.7 Å². The molecule has 42 heavy (non-hydrogen) atoms. The van der Waals surface area contributed by atoms with Crippen molar-refractivity contribution in [3.05, 3.63) is 103 Å². The molecule has 3 aliphatic heterocycles. The molecule has 9 nitrogen and oxygen atoms in total. The molecule has 0 radical (unpaired) electrons. The number of amides is 1. The van der Waals surface area contributed by atoms with Crippen LogP contribution >= 0.6 is 11.6 Å². The monoisotopic (exact) mass is 592 g/mol. The number of aliphatic hydroxyl groups is 1. The fourth-order valence-corrected chi connectivity index (χ4v) is 6.65. The molecule has 1 amide bonds. The highest BCUT2D eigenvalue weighted by Crippen LogP contribution is 2.54. The van der Waals surface area contributed by atoms with Gasteiger partial charge >= 0.3 is 5.56 Å². The molecule has 1 aromatic heterocycles. The van der Waals surface area contributed by atoms with Crippen LogP contribution in [0.5, 0.6) is 17.2 Å². The summed E-state index contributed by atoms with van der Waals surface area (Å²) in [5.74, 6) is -3.83. The molecular formula is C30H23ClF2N4O5. The molecule has 5 N–H and O–H groups in total. The van der Waals surface area contributed by atoms with Crippen LogP contribution in [0.4, 0.5) is 8.78 Å². The summed E-state index contributed by atoms with van der Waals surface area (Å²) in [6.45, 7) is 0.766. The summed E-state index contributed by atoms with van der Waals surface area (Å²) in [5.41, 5.74) is 4.07. The van der Waals surface area contributed by atoms with Gasteiger partial charge in [-0.15, -0.1) is 0 Å². The maximum Gasteiger partial charge on any atom is 0.307 e. The molecule has 0 saturated carbocycles. The van der Waals surface area contributed by atoms with Crippen LogP contribution in [0.2, 0.25) is 5.02 Å². The fraction of sp³-hybridized carbons (Fsp3) is 0.233. The van der Waals surface area contributed by atoms with E-state index < -0.39 is 51.1 Å². The van der Waals surface area contributed by atoms with Crippen LogP contribution in [0.15, 0.2) is 53.5 Å². The summed E-state index contributed by atoms with van der Waals surface area (Å²) in [6, 6.07) is 11.6. The number of hydrogen-bond donors (Lipinski definition) is 4. The molecule has 0 bridgehead atoms. The minimum atomic E-state index is -1.56. The predicted octanol–water partition coefficient (Wildman–Crippen LogP) is 4.24. The third kappa shape index (κ3) is 3.77. The Morgan fingerprint density at radius 2 is 1.93 bits per heavy atom. The molecular weight excluding hydrogens is 570 g/mol. The van der Waals surface area contributed by atoms with Gasteiger partial charge in [0, 0.05) is 34.7 Å². The van der Waals surface area contributed by atoms with E-state index in [4.69, 9.17) is 26.8 Å². The molecule has 7 rings (SSSR count). The summed E-state index contributed by atoms with van der Waals surface area (Å²) >= 11 is 6.56. The van der Waals surface area contributed by atoms with E-state index in [0.29, 0.717) is 5.56 Å². The number of aliphatic hydroxyl groups excluding tert-OH is 1. The van der Waals surface area contributed by atoms with Gasteiger partial charge in [-0.3, -0.25) is 9.59 Å². The van der Waals surface area contributed by atoms with Crippen LogP contribution in [-0.4, -0.2) is 33.8 Å². The molecule has 3 atom stereocenters. The minimum Gasteiger partial charge on any atom is -0.480 e. The van der Waals surface area contributed by atoms with Crippen molar-refractivity contribution in [2.45, 2.75) is 37.0 Å². The van der Waals surface area contributed by atoms with Gasteiger partial charge in [0.2, 0.25) is 11.7 Å². The zero-order valence-electron chi connectivity index (χ0n) is 21.8. The lowest BCUT2D eigenvalue weighted by Gasteiger charge is -2.35. The lowest BCUT2D eigenvalue weighted by molar-refractivity contribution is 0.0539. The number of H-pyrrole nitrogens is 1. The van der Waals surface area contributed by atoms with E-state index in [1.165, 1.54) is 0 Å². The van der Waals surface area contributed by atoms with Crippen LogP contribution in [0.3, 0.4) is 0 Å². The molecule has 3 aliphatic rings. The van der Waals surface area contributed by atoms with Crippen LogP contribution in [-0.2, 0) is 12.0 Å². The topological polar surface area (TPSA) is 140 Å². The van der Waals surface area contributed by atoms with Gasteiger partial charge in [-0.1, -0.05) is 41.9 Å². The van der Waals surface area contributed by atoms with Crippen molar-refractivity contribution in [3.63, 3.8) is 0 Å². The number of carbonyl (C=O) groups excluding carboxylic acids is 1. The molecule has 214 valence electrons. The van der Waals surface area contributed by atoms with E-state index in [1.807, 2.05) is 30.3 Å². The molecule has 0 spiro atoms. The standard InChI is InChI=1S/C30H23ClF2N4O5/c31-23-18(32)10-19-16(11-30(42-19,20-7-4-8-35-20)13-5-2-1-3-6-13)21(23)22-14(28(34)39)9-15-25(38)17-12-36-37-29(40)27(17)41-26(15)24(22)33/h1-3,5-6,9-10,12,20,25,35,38H,4,7-8,11H2,(H2,34,39)(H,37,40)/t20-,25?,30-/m0/s1. The lowest BCUT2D eigenvalue weighted by atomic mass is 9.80. The van der Waals surface area contributed by atoms with Gasteiger partial charge in [-0.05, 0) is 31.0 Å². The molecule has 12 heteroatoms. The first kappa shape index (κ1) is 26.6. The van der Waals surface area contributed by atoms with Gasteiger partial charge in [0.15, 0.2) is 17.2 Å². The second-order valence-corrected chi connectivity index (χ2v) is 11.0. The highest BCUT2D eigenvalue weighted by molar-refractivity contribution is 6.34. The largest absolute Gasteiger partial charge is 0.480 e. The van der Waals surface area contributed by atoms with Crippen molar-refractivity contribution in [3.8, 4) is 28.4 Å². The van der Waals surface area contributed by atoms with E-state index in [0.717, 1.165) is 43.3 Å². The zero-order chi connectivity index (χ0) is 29.3. The van der Waals surface area contributed by atoms with Crippen molar-refractivity contribution >= 4 is 17.5 Å². The highest BCUT2D eigenvalue weighted by atomic mass is 35.5. The van der Waals surface area contributed by atoms with Crippen molar-refractivity contribution in [1.29, 1.82) is 0 Å². The van der Waals surface area contributed by atoms with Gasteiger partial charge in [0.05, 0.1) is 28.4 Å². The third-order valence-electron chi connectivity index (χ3n) is 8.30. The van der Waals surface area contributed by atoms with Gasteiger partial charge in [-0.2, -0.15) is 5.10 Å². The summed E-state index contributed by atoms with van der Waals surface area (Å²) in [4.78, 5) is 25.2. The van der Waals surface area contributed by atoms with Gasteiger partial charge < -0.3 is 25.6 Å². The van der Waals surface area contributed by atoms with Gasteiger partial charge in [-0.25, -0.2) is 13.9 Å². The zero-order valence-corrected chi connectivity index (χ0v) is 22.6. The smallest absolute Gasteiger partial charge is 0.307 e. The number of fused-ring (bicyclic) bond motifs is 3. The van der Waals surface area contributed by atoms with Crippen molar-refractivity contribution in [2.24, 2.45) is 5.73 Å². The first-order valence-corrected chi connectivity index (χ1v) is 13.7. The Morgan fingerprint density at radius 1 is 1.14 bits per heavy atom. The SMILES string of the molecule is NC(=O)c1cc2c(c(F)c1-c1c(Cl)c(F)cc3c1C[C@](c1ccccc1)([C@@H]1CCCN1)O3)Oc1c(cn[nH]c1=O)C2O. The van der Waals surface area contributed by atoms with Crippen LogP contribution in [0, 0.1) is 11.6 Å². The van der Waals surface area contributed by atoms with E-state index >= 15 is 8.78 Å². The quantitative estimate of drug-likeness (QED) is 0.278. The number of nitrogens with one attached hydrogen (secondary N) is 2. The Bertz CT molecular complexity index is 1840. The number of primary amides is 1. The van der Waals surface area contributed by atoms with Crippen LogP contribution < -0.4 is 26.1 Å². The average molecular weight is 593 g/mol. The maximum atomic E-state index is 16.7. The number of halogens is 3. The Labute approximate surface area is 242 Å². The molecule has 1 unspecified atom stereocenters. The molecule has 1 saturated heterocycles. The number of ether oxygens (including phenoxy) is 2. The van der Waals surface area contributed by atoms with Crippen molar-refractivity contribution < 1.29 is 28.2 Å². The first-order chi connectivity index (χ1) is 20.2. The molecule has 1 fully saturated rings. The normalized spacial score (nSPS) is 22.1. The van der Waals surface area contributed by atoms with E-state index in [2.05, 4.69) is 15.5 Å². The third-order valence-corrected chi connectivity index (χ3v) is 8.67. The van der Waals surface area contributed by atoms with Crippen LogP contribution in [0.25, 0.3) is 11.1 Å². The summed E-state index contributed by atoms with van der Waals surface area (Å²) in [7, 11) is 0. The number of carbonyl (C=O) groups is 1. The molecule has 4 heterocycles. The Hall–Kier alpha value is -4.32. The number of benzene rings is 3. The van der Waals surface area contributed by atoms with E-state index in [9.17, 15) is 14.7 Å². The number of nitrogens with zero attached hydrogens (tertiary/aromatic N) is 1. The number of aromatic nitrogens is 2. The fourth-order valence-electron chi connectivity index (χ4n) is 6.39. The molecule has 3 aromatic carbocycles. The number of rotatable bonds is 4. The van der Waals surface area contributed by atoms with Crippen molar-refractivity contribution in [2.75, 3.05) is 6.54 Å². The molecule has 4 aromatic rings. The van der Waals surface area contributed by atoms with E-state index in [-0.39, 0.29) is 46.2 Å². The Balaban J connectivity index is 1.47. The Kier molecular flexibility index (Phi) is 6.08. The first-order valence-electron chi connectivity index (χ1n) is 13.3. The van der Waals surface area contributed by atoms with Crippen molar-refractivity contribution in [1.82, 2.24) is 15.5 Å². The minimum absolute atomic E-state index is 0.0244. The van der Waals surface area contributed by atoms with Gasteiger partial charge in [0.25, 0.3) is 0 Å². The number of nitrogens with two attached hydrogens (primary N) is 1. The predicted molar refractivity (Wildman–Crippen MR) is 148 cm³/mol. The summed E-state index contributed by atoms with van der Waals surface area (Å²) in [6.07, 6.45) is 1.46. The average Bonchev–Trinajstić information content (AvgIpc) is 3.65.